The molecule has 3 aromatic rings. The Morgan fingerprint density at radius 1 is 1.07 bits per heavy atom. The van der Waals surface area contributed by atoms with Crippen LogP contribution in [-0.2, 0) is 16.6 Å². The molecule has 2 heterocycles. The predicted octanol–water partition coefficient (Wildman–Crippen LogP) is 1.96. The summed E-state index contributed by atoms with van der Waals surface area (Å²) >= 11 is 0. The molecule has 0 radical (unpaired) electrons. The summed E-state index contributed by atoms with van der Waals surface area (Å²) in [4.78, 5) is 4.19. The highest BCUT2D eigenvalue weighted by Crippen LogP contribution is 2.22. The lowest BCUT2D eigenvalue weighted by atomic mass is 10.1. The van der Waals surface area contributed by atoms with Gasteiger partial charge in [0.25, 0.3) is 0 Å². The smallest absolute Gasteiger partial charge is 0.208 e. The molecule has 0 fully saturated rings. The van der Waals surface area contributed by atoms with E-state index >= 15 is 0 Å². The third kappa shape index (κ3) is 5.72. The third-order valence-electron chi connectivity index (χ3n) is 3.96. The zero-order chi connectivity index (χ0) is 19.1. The minimum atomic E-state index is -3.13. The first-order chi connectivity index (χ1) is 13.0. The molecule has 142 valence electrons. The summed E-state index contributed by atoms with van der Waals surface area (Å²) < 4.78 is 26.5. The molecule has 0 atom stereocenters. The lowest BCUT2D eigenvalue weighted by Gasteiger charge is -2.05. The van der Waals surface area contributed by atoms with Gasteiger partial charge in [-0.3, -0.25) is 4.98 Å². The molecule has 0 unspecified atom stereocenters. The summed E-state index contributed by atoms with van der Waals surface area (Å²) in [5.41, 5.74) is 3.89. The molecular formula is C19H23N5O2S. The number of nitrogens with zero attached hydrogens (tertiary/aromatic N) is 3. The van der Waals surface area contributed by atoms with Crippen LogP contribution in [-0.4, -0.2) is 42.5 Å². The van der Waals surface area contributed by atoms with Gasteiger partial charge in [0.1, 0.15) is 0 Å². The van der Waals surface area contributed by atoms with Crippen molar-refractivity contribution in [2.75, 3.05) is 19.3 Å². The van der Waals surface area contributed by atoms with Crippen LogP contribution in [0.4, 0.5) is 0 Å². The molecule has 0 aliphatic heterocycles. The Bertz CT molecular complexity index is 956. The van der Waals surface area contributed by atoms with Crippen LogP contribution < -0.4 is 10.0 Å². The summed E-state index contributed by atoms with van der Waals surface area (Å²) in [5.74, 6) is 0. The molecule has 2 aromatic heterocycles. The van der Waals surface area contributed by atoms with Crippen LogP contribution in [0.5, 0.6) is 0 Å². The van der Waals surface area contributed by atoms with E-state index in [1.165, 1.54) is 6.26 Å². The number of benzene rings is 1. The van der Waals surface area contributed by atoms with Gasteiger partial charge in [-0.15, -0.1) is 0 Å². The first-order valence-electron chi connectivity index (χ1n) is 8.73. The second-order valence-corrected chi connectivity index (χ2v) is 8.05. The van der Waals surface area contributed by atoms with Gasteiger partial charge < -0.3 is 5.32 Å². The first-order valence-corrected chi connectivity index (χ1v) is 10.6. The van der Waals surface area contributed by atoms with Crippen LogP contribution in [0.15, 0.2) is 61.1 Å². The van der Waals surface area contributed by atoms with Gasteiger partial charge in [-0.05, 0) is 37.2 Å². The quantitative estimate of drug-likeness (QED) is 0.550. The van der Waals surface area contributed by atoms with Gasteiger partial charge in [0.05, 0.1) is 17.6 Å². The molecule has 0 aliphatic rings. The van der Waals surface area contributed by atoms with Crippen LogP contribution in [0.3, 0.4) is 0 Å². The minimum absolute atomic E-state index is 0.421. The van der Waals surface area contributed by atoms with E-state index in [1.807, 2.05) is 53.3 Å². The van der Waals surface area contributed by atoms with E-state index in [0.29, 0.717) is 26.1 Å². The maximum absolute atomic E-state index is 11.1. The number of aromatic nitrogens is 3. The molecule has 27 heavy (non-hydrogen) atoms. The number of rotatable bonds is 9. The van der Waals surface area contributed by atoms with Crippen molar-refractivity contribution in [3.63, 3.8) is 0 Å². The summed E-state index contributed by atoms with van der Waals surface area (Å²) in [5, 5.41) is 8.10. The van der Waals surface area contributed by atoms with Crippen LogP contribution in [0.1, 0.15) is 12.0 Å². The van der Waals surface area contributed by atoms with E-state index in [-0.39, 0.29) is 0 Å². The minimum Gasteiger partial charge on any atom is -0.312 e. The van der Waals surface area contributed by atoms with Crippen molar-refractivity contribution in [3.8, 4) is 16.9 Å². The highest BCUT2D eigenvalue weighted by molar-refractivity contribution is 7.88. The van der Waals surface area contributed by atoms with Gasteiger partial charge in [0.15, 0.2) is 0 Å². The number of nitrogens with one attached hydrogen (secondary N) is 2. The number of para-hydroxylation sites is 1. The molecule has 7 nitrogen and oxygen atoms in total. The Balaban J connectivity index is 1.70. The number of sulfonamides is 1. The van der Waals surface area contributed by atoms with E-state index in [9.17, 15) is 8.42 Å². The van der Waals surface area contributed by atoms with Crippen molar-refractivity contribution in [1.82, 2.24) is 24.8 Å². The average Bonchev–Trinajstić information content (AvgIpc) is 3.09. The van der Waals surface area contributed by atoms with Crippen molar-refractivity contribution in [3.05, 3.63) is 66.6 Å². The second kappa shape index (κ2) is 8.90. The topological polar surface area (TPSA) is 88.9 Å². The third-order valence-corrected chi connectivity index (χ3v) is 4.68. The van der Waals surface area contributed by atoms with Gasteiger partial charge in [-0.2, -0.15) is 5.10 Å². The Labute approximate surface area is 159 Å². The van der Waals surface area contributed by atoms with Crippen molar-refractivity contribution in [2.24, 2.45) is 0 Å². The molecule has 0 saturated heterocycles. The SMILES string of the molecule is CS(=O)(=O)NCCCNCc1cn(-c2ccccc2)nc1-c1cccnc1. The van der Waals surface area contributed by atoms with Crippen molar-refractivity contribution >= 4 is 10.0 Å². The van der Waals surface area contributed by atoms with Gasteiger partial charge >= 0.3 is 0 Å². The monoisotopic (exact) mass is 385 g/mol. The number of hydrogen-bond donors (Lipinski definition) is 2. The molecule has 0 saturated carbocycles. The highest BCUT2D eigenvalue weighted by Gasteiger charge is 2.12. The van der Waals surface area contributed by atoms with Crippen LogP contribution in [0.25, 0.3) is 16.9 Å². The maximum Gasteiger partial charge on any atom is 0.208 e. The predicted molar refractivity (Wildman–Crippen MR) is 106 cm³/mol. The summed E-state index contributed by atoms with van der Waals surface area (Å²) in [6.45, 7) is 1.76. The maximum atomic E-state index is 11.1. The Morgan fingerprint density at radius 3 is 2.59 bits per heavy atom. The van der Waals surface area contributed by atoms with E-state index in [4.69, 9.17) is 5.10 Å². The van der Waals surface area contributed by atoms with Gasteiger partial charge in [0.2, 0.25) is 10.0 Å². The van der Waals surface area contributed by atoms with Gasteiger partial charge in [-0.1, -0.05) is 18.2 Å². The molecule has 0 spiro atoms. The fourth-order valence-electron chi connectivity index (χ4n) is 2.69. The molecule has 8 heteroatoms. The summed E-state index contributed by atoms with van der Waals surface area (Å²) in [6, 6.07) is 13.8. The molecule has 2 N–H and O–H groups in total. The first kappa shape index (κ1) is 19.2. The summed E-state index contributed by atoms with van der Waals surface area (Å²) in [6.07, 6.45) is 7.43. The van der Waals surface area contributed by atoms with Gasteiger partial charge in [0, 0.05) is 42.8 Å². The average molecular weight is 385 g/mol. The van der Waals surface area contributed by atoms with Gasteiger partial charge in [-0.25, -0.2) is 17.8 Å². The fraction of sp³-hybridized carbons (Fsp3) is 0.263. The number of hydrogen-bond acceptors (Lipinski definition) is 5. The normalized spacial score (nSPS) is 11.6. The Morgan fingerprint density at radius 2 is 1.89 bits per heavy atom. The highest BCUT2D eigenvalue weighted by atomic mass is 32.2. The molecule has 0 bridgehead atoms. The van der Waals surface area contributed by atoms with E-state index < -0.39 is 10.0 Å². The van der Waals surface area contributed by atoms with Crippen LogP contribution in [0.2, 0.25) is 0 Å². The molecular weight excluding hydrogens is 362 g/mol. The zero-order valence-electron chi connectivity index (χ0n) is 15.2. The number of pyridine rings is 1. The lowest BCUT2D eigenvalue weighted by molar-refractivity contribution is 0.579. The van der Waals surface area contributed by atoms with E-state index in [0.717, 1.165) is 22.5 Å². The molecule has 0 aliphatic carbocycles. The zero-order valence-corrected chi connectivity index (χ0v) is 16.0. The lowest BCUT2D eigenvalue weighted by Crippen LogP contribution is -2.26. The summed E-state index contributed by atoms with van der Waals surface area (Å²) in [7, 11) is -3.13. The van der Waals surface area contributed by atoms with Crippen molar-refractivity contribution in [1.29, 1.82) is 0 Å². The fourth-order valence-corrected chi connectivity index (χ4v) is 3.21. The Hall–Kier alpha value is -2.55. The standard InChI is InChI=1S/C19H23N5O2S/c1-27(25,26)22-12-6-11-21-14-17-15-24(18-8-3-2-4-9-18)23-19(17)16-7-5-10-20-13-16/h2-5,7-10,13,15,21-22H,6,11-12,14H2,1H3. The largest absolute Gasteiger partial charge is 0.312 e. The van der Waals surface area contributed by atoms with E-state index in [1.54, 1.807) is 12.4 Å². The molecule has 3 rings (SSSR count). The van der Waals surface area contributed by atoms with Crippen LogP contribution in [0, 0.1) is 0 Å². The van der Waals surface area contributed by atoms with Crippen molar-refractivity contribution in [2.45, 2.75) is 13.0 Å². The van der Waals surface area contributed by atoms with Crippen LogP contribution >= 0.6 is 0 Å². The Kier molecular flexibility index (Phi) is 6.33. The van der Waals surface area contributed by atoms with Crippen molar-refractivity contribution < 1.29 is 8.42 Å². The van der Waals surface area contributed by atoms with E-state index in [2.05, 4.69) is 15.0 Å². The molecule has 0 amide bonds. The second-order valence-electron chi connectivity index (χ2n) is 6.22. The molecule has 1 aromatic carbocycles.